The van der Waals surface area contributed by atoms with Gasteiger partial charge in [0.1, 0.15) is 24.7 Å². The zero-order valence-corrected chi connectivity index (χ0v) is 25.5. The number of carbonyl (C=O) groups is 1. The van der Waals surface area contributed by atoms with Crippen LogP contribution in [-0.4, -0.2) is 84.3 Å². The molecule has 2 amide bonds. The van der Waals surface area contributed by atoms with Crippen molar-refractivity contribution in [3.05, 3.63) is 95.5 Å². The van der Waals surface area contributed by atoms with E-state index in [0.717, 1.165) is 49.5 Å². The Balaban J connectivity index is 1.51. The van der Waals surface area contributed by atoms with Crippen LogP contribution in [-0.2, 0) is 0 Å². The highest BCUT2D eigenvalue weighted by molar-refractivity contribution is 6.30. The van der Waals surface area contributed by atoms with Crippen molar-refractivity contribution in [2.24, 2.45) is 0 Å². The Morgan fingerprint density at radius 2 is 1.60 bits per heavy atom. The van der Waals surface area contributed by atoms with Crippen LogP contribution in [0.4, 0.5) is 4.79 Å². The predicted molar refractivity (Wildman–Crippen MR) is 166 cm³/mol. The van der Waals surface area contributed by atoms with Gasteiger partial charge in [0.2, 0.25) is 6.17 Å². The molecule has 2 aliphatic rings. The smallest absolute Gasteiger partial charge is 0.370 e. The minimum atomic E-state index is -0.109. The summed E-state index contributed by atoms with van der Waals surface area (Å²) in [6.45, 7) is 9.34. The monoisotopic (exact) mass is 592 g/mol. The van der Waals surface area contributed by atoms with Crippen molar-refractivity contribution in [2.75, 3.05) is 52.5 Å². The van der Waals surface area contributed by atoms with Crippen LogP contribution in [0.3, 0.4) is 0 Å². The summed E-state index contributed by atoms with van der Waals surface area (Å²) in [5.74, 6) is 1.64. The third-order valence-corrected chi connectivity index (χ3v) is 8.43. The van der Waals surface area contributed by atoms with Gasteiger partial charge >= 0.3 is 6.03 Å². The number of rotatable bonds is 13. The van der Waals surface area contributed by atoms with E-state index >= 15 is 0 Å². The largest absolute Gasteiger partial charge is 0.492 e. The van der Waals surface area contributed by atoms with Gasteiger partial charge in [0.15, 0.2) is 6.54 Å². The molecule has 0 spiro atoms. The molecule has 8 nitrogen and oxygen atoms in total. The van der Waals surface area contributed by atoms with Crippen LogP contribution < -0.4 is 14.8 Å². The Bertz CT molecular complexity index is 1280. The Morgan fingerprint density at radius 1 is 0.905 bits per heavy atom. The second kappa shape index (κ2) is 14.2. The molecular weight excluding hydrogens is 550 g/mol. The maximum Gasteiger partial charge on any atom is 0.370 e. The molecule has 3 atom stereocenters. The summed E-state index contributed by atoms with van der Waals surface area (Å²) in [6.07, 6.45) is 1.53. The van der Waals surface area contributed by atoms with Gasteiger partial charge in [-0.1, -0.05) is 74.0 Å². The average molecular weight is 593 g/mol. The van der Waals surface area contributed by atoms with Crippen molar-refractivity contribution in [3.63, 3.8) is 0 Å². The Kier molecular flexibility index (Phi) is 10.2. The van der Waals surface area contributed by atoms with Gasteiger partial charge in [0.25, 0.3) is 0 Å². The van der Waals surface area contributed by atoms with Gasteiger partial charge in [0.05, 0.1) is 25.7 Å². The number of hydrogen-bond acceptors (Lipinski definition) is 5. The van der Waals surface area contributed by atoms with Gasteiger partial charge < -0.3 is 14.8 Å². The van der Waals surface area contributed by atoms with E-state index < -0.39 is 0 Å². The molecule has 42 heavy (non-hydrogen) atoms. The molecule has 0 radical (unpaired) electrons. The summed E-state index contributed by atoms with van der Waals surface area (Å²) in [7, 11) is 0. The molecule has 2 aliphatic heterocycles. The molecule has 0 bridgehead atoms. The number of ether oxygens (including phenoxy) is 2. The number of benzene rings is 3. The lowest BCUT2D eigenvalue weighted by atomic mass is 10.0. The molecule has 2 fully saturated rings. The number of quaternary nitrogens is 1. The molecule has 0 aromatic heterocycles. The van der Waals surface area contributed by atoms with E-state index in [1.54, 1.807) is 0 Å². The molecule has 1 N–H and O–H groups in total. The van der Waals surface area contributed by atoms with Crippen molar-refractivity contribution in [1.82, 2.24) is 20.2 Å². The summed E-state index contributed by atoms with van der Waals surface area (Å²) in [5.41, 5.74) is 1.14. The summed E-state index contributed by atoms with van der Waals surface area (Å²) >= 11 is 6.50. The van der Waals surface area contributed by atoms with Crippen LogP contribution in [0.15, 0.2) is 84.9 Å². The van der Waals surface area contributed by atoms with Gasteiger partial charge in [-0.3, -0.25) is 4.90 Å². The fourth-order valence-corrected chi connectivity index (χ4v) is 6.66. The van der Waals surface area contributed by atoms with E-state index in [2.05, 4.69) is 41.3 Å². The Hall–Kier alpha value is -3.30. The summed E-state index contributed by atoms with van der Waals surface area (Å²) in [6, 6.07) is 27.9. The number of halogens is 1. The van der Waals surface area contributed by atoms with Crippen LogP contribution in [0.1, 0.15) is 38.3 Å². The second-order valence-corrected chi connectivity index (χ2v) is 11.2. The quantitative estimate of drug-likeness (QED) is 0.248. The second-order valence-electron chi connectivity index (χ2n) is 10.8. The van der Waals surface area contributed by atoms with Gasteiger partial charge in [-0.2, -0.15) is 0 Å². The van der Waals surface area contributed by atoms with E-state index in [1.807, 2.05) is 77.7 Å². The molecule has 3 aromatic carbocycles. The van der Waals surface area contributed by atoms with Crippen LogP contribution in [0.25, 0.3) is 0 Å². The Labute approximate surface area is 254 Å². The van der Waals surface area contributed by atoms with Crippen LogP contribution in [0.5, 0.6) is 11.5 Å². The zero-order valence-electron chi connectivity index (χ0n) is 24.7. The van der Waals surface area contributed by atoms with Gasteiger partial charge in [0, 0.05) is 24.5 Å². The molecule has 5 rings (SSSR count). The lowest BCUT2D eigenvalue weighted by molar-refractivity contribution is -1.13. The maximum absolute atomic E-state index is 14.4. The molecule has 2 heterocycles. The van der Waals surface area contributed by atoms with E-state index in [0.29, 0.717) is 42.6 Å². The summed E-state index contributed by atoms with van der Waals surface area (Å²) in [4.78, 5) is 16.4. The highest BCUT2D eigenvalue weighted by atomic mass is 35.5. The Morgan fingerprint density at radius 3 is 2.24 bits per heavy atom. The van der Waals surface area contributed by atoms with E-state index in [1.165, 1.54) is 0 Å². The summed E-state index contributed by atoms with van der Waals surface area (Å²) < 4.78 is 12.8. The lowest BCUT2D eigenvalue weighted by Crippen LogP contribution is -2.74. The fraction of sp³-hybridized carbons (Fsp3) is 0.424. The normalized spacial score (nSPS) is 22.9. The van der Waals surface area contributed by atoms with E-state index in [4.69, 9.17) is 21.1 Å². The van der Waals surface area contributed by atoms with Gasteiger partial charge in [-0.15, -0.1) is 14.7 Å². The molecule has 9 heteroatoms. The average Bonchev–Trinajstić information content (AvgIpc) is 3.25. The zero-order chi connectivity index (χ0) is 29.4. The highest BCUT2D eigenvalue weighted by Gasteiger charge is 2.62. The minimum Gasteiger partial charge on any atom is -0.492 e. The molecule has 3 unspecified atom stereocenters. The van der Waals surface area contributed by atoms with Crippen molar-refractivity contribution in [2.45, 2.75) is 38.9 Å². The number of amides is 2. The fourth-order valence-electron chi connectivity index (χ4n) is 6.46. The van der Waals surface area contributed by atoms with Gasteiger partial charge in [-0.05, 0) is 48.4 Å². The number of hydrogen-bond donors (Lipinski definition) is 1. The van der Waals surface area contributed by atoms with Gasteiger partial charge in [-0.25, -0.2) is 4.79 Å². The number of piperazine rings is 1. The van der Waals surface area contributed by atoms with Crippen molar-refractivity contribution >= 4 is 17.6 Å². The lowest BCUT2D eigenvalue weighted by Gasteiger charge is -2.52. The first kappa shape index (κ1) is 30.2. The third kappa shape index (κ3) is 6.37. The van der Waals surface area contributed by atoms with Crippen LogP contribution >= 0.6 is 11.6 Å². The maximum atomic E-state index is 14.4. The number of nitrogens with one attached hydrogen (secondary N) is 1. The number of carbonyl (C=O) groups excluding carboxylic acids is 1. The van der Waals surface area contributed by atoms with Crippen LogP contribution in [0, 0.1) is 0 Å². The standard InChI is InChI=1S/C33H43ClN5O3/c1-3-19-38-33(40)36(21-23-41-29-14-7-5-8-15-29)32(4-2)39(38,22-24-42-30-16-9-6-10-17-30)37-20-18-35-26-31(37)27-12-11-13-28(34)25-27/h5-17,25,31-32,35H,3-4,18-24,26H2,1-2H3/q+1. The SMILES string of the molecule is CCCN1C(=O)N(CCOc2ccccc2)C(CC)[N+]1(CCOc1ccccc1)N1CCNCC1c1cccc(Cl)c1. The number of urea groups is 1. The molecule has 0 saturated carbocycles. The first-order chi connectivity index (χ1) is 20.6. The molecule has 224 valence electrons. The third-order valence-electron chi connectivity index (χ3n) is 8.19. The first-order valence-corrected chi connectivity index (χ1v) is 15.5. The van der Waals surface area contributed by atoms with E-state index in [9.17, 15) is 4.79 Å². The highest BCUT2D eigenvalue weighted by Crippen LogP contribution is 2.40. The number of para-hydroxylation sites is 2. The van der Waals surface area contributed by atoms with Crippen molar-refractivity contribution in [3.8, 4) is 11.5 Å². The summed E-state index contributed by atoms with van der Waals surface area (Å²) in [5, 5.41) is 8.90. The number of nitrogens with zero attached hydrogens (tertiary/aromatic N) is 4. The molecular formula is C33H43ClN5O3+. The van der Waals surface area contributed by atoms with Crippen LogP contribution in [0.2, 0.25) is 5.02 Å². The van der Waals surface area contributed by atoms with Crippen molar-refractivity contribution in [1.29, 1.82) is 0 Å². The minimum absolute atomic E-state index is 0.0240. The first-order valence-electron chi connectivity index (χ1n) is 15.1. The molecule has 3 aromatic rings. The molecule has 2 saturated heterocycles. The van der Waals surface area contributed by atoms with E-state index in [-0.39, 0.29) is 18.2 Å². The predicted octanol–water partition coefficient (Wildman–Crippen LogP) is 5.97. The van der Waals surface area contributed by atoms with Crippen molar-refractivity contribution < 1.29 is 19.0 Å². The topological polar surface area (TPSA) is 57.3 Å². The molecule has 0 aliphatic carbocycles.